The van der Waals surface area contributed by atoms with Gasteiger partial charge in [0.05, 0.1) is 18.3 Å². The summed E-state index contributed by atoms with van der Waals surface area (Å²) in [4.78, 5) is 11.1. The molecule has 0 aromatic carbocycles. The van der Waals surface area contributed by atoms with E-state index in [4.69, 9.17) is 5.11 Å². The van der Waals surface area contributed by atoms with E-state index in [-0.39, 0.29) is 31.3 Å². The Morgan fingerprint density at radius 1 is 1.32 bits per heavy atom. The first-order chi connectivity index (χ1) is 10.5. The van der Waals surface area contributed by atoms with Crippen molar-refractivity contribution < 1.29 is 18.3 Å². The maximum Gasteiger partial charge on any atom is 0.303 e. The van der Waals surface area contributed by atoms with Gasteiger partial charge in [-0.2, -0.15) is 32.4 Å². The molecule has 0 amide bonds. The summed E-state index contributed by atoms with van der Waals surface area (Å²) in [7, 11) is -3.52. The summed E-state index contributed by atoms with van der Waals surface area (Å²) in [6.45, 7) is 1.54. The number of hydrogen-bond acceptors (Lipinski definition) is 5. The first-order valence-electron chi connectivity index (χ1n) is 7.31. The number of H-pyrrole nitrogens is 1. The minimum absolute atomic E-state index is 0.0798. The van der Waals surface area contributed by atoms with Crippen molar-refractivity contribution in [2.45, 2.75) is 25.2 Å². The quantitative estimate of drug-likeness (QED) is 0.761. The molecule has 3 heterocycles. The lowest BCUT2D eigenvalue weighted by Gasteiger charge is -2.23. The van der Waals surface area contributed by atoms with Gasteiger partial charge in [0.1, 0.15) is 0 Å². The smallest absolute Gasteiger partial charge is 0.303 e. The highest BCUT2D eigenvalue weighted by Crippen LogP contribution is 2.36. The second-order valence-corrected chi connectivity index (χ2v) is 7.72. The third-order valence-electron chi connectivity index (χ3n) is 4.38. The second-order valence-electron chi connectivity index (χ2n) is 5.79. The largest absolute Gasteiger partial charge is 0.481 e. The number of aromatic nitrogens is 3. The molecule has 2 aliphatic rings. The monoisotopic (exact) mass is 329 g/mol. The Morgan fingerprint density at radius 2 is 2.05 bits per heavy atom. The highest BCUT2D eigenvalue weighted by molar-refractivity contribution is 7.86. The van der Waals surface area contributed by atoms with Crippen LogP contribution in [0.5, 0.6) is 0 Å². The Labute approximate surface area is 128 Å². The number of carboxylic acid groups (broad SMARTS) is 1. The third kappa shape index (κ3) is 2.85. The van der Waals surface area contributed by atoms with Gasteiger partial charge in [-0.15, -0.1) is 0 Å². The van der Waals surface area contributed by atoms with Crippen molar-refractivity contribution in [1.82, 2.24) is 24.0 Å². The first-order valence-corrected chi connectivity index (χ1v) is 8.71. The molecule has 1 aromatic heterocycles. The van der Waals surface area contributed by atoms with Crippen LogP contribution in [0.15, 0.2) is 6.20 Å². The van der Waals surface area contributed by atoms with Crippen molar-refractivity contribution in [3.8, 4) is 0 Å². The number of rotatable bonds is 5. The molecule has 2 N–H and O–H groups in total. The van der Waals surface area contributed by atoms with Crippen LogP contribution < -0.4 is 0 Å². The van der Waals surface area contributed by atoms with Gasteiger partial charge in [-0.05, 0) is 18.8 Å². The lowest BCUT2D eigenvalue weighted by molar-refractivity contribution is -0.138. The fourth-order valence-corrected chi connectivity index (χ4v) is 5.03. The van der Waals surface area contributed by atoms with Crippen LogP contribution in [0, 0.1) is 5.92 Å². The Morgan fingerprint density at radius 3 is 2.64 bits per heavy atom. The molecule has 2 saturated heterocycles. The van der Waals surface area contributed by atoms with Gasteiger partial charge in [0.2, 0.25) is 0 Å². The van der Waals surface area contributed by atoms with Crippen LogP contribution >= 0.6 is 0 Å². The summed E-state index contributed by atoms with van der Waals surface area (Å²) < 4.78 is 28.2. The van der Waals surface area contributed by atoms with Gasteiger partial charge in [0.25, 0.3) is 10.2 Å². The van der Waals surface area contributed by atoms with Crippen LogP contribution in [0.1, 0.15) is 30.9 Å². The Hall–Kier alpha value is -1.52. The van der Waals surface area contributed by atoms with Gasteiger partial charge >= 0.3 is 5.97 Å². The lowest BCUT2D eigenvalue weighted by Crippen LogP contribution is -2.41. The maximum atomic E-state index is 12.6. The molecule has 9 nitrogen and oxygen atoms in total. The fraction of sp³-hybridized carbons (Fsp3) is 0.750. The van der Waals surface area contributed by atoms with Crippen molar-refractivity contribution in [3.05, 3.63) is 11.9 Å². The average molecular weight is 329 g/mol. The molecule has 0 saturated carbocycles. The normalized spacial score (nSPS) is 27.5. The molecule has 10 heteroatoms. The van der Waals surface area contributed by atoms with Gasteiger partial charge in [0, 0.05) is 32.1 Å². The van der Waals surface area contributed by atoms with E-state index in [1.807, 2.05) is 0 Å². The summed E-state index contributed by atoms with van der Waals surface area (Å²) in [5.41, 5.74) is 0.616. The van der Waals surface area contributed by atoms with E-state index in [9.17, 15) is 13.2 Å². The van der Waals surface area contributed by atoms with Gasteiger partial charge in [-0.25, -0.2) is 0 Å². The number of aromatic amines is 1. The first kappa shape index (κ1) is 15.4. The molecule has 2 fully saturated rings. The Kier molecular flexibility index (Phi) is 4.15. The van der Waals surface area contributed by atoms with Gasteiger partial charge < -0.3 is 5.11 Å². The minimum Gasteiger partial charge on any atom is -0.481 e. The van der Waals surface area contributed by atoms with Crippen molar-refractivity contribution >= 4 is 16.2 Å². The van der Waals surface area contributed by atoms with Crippen molar-refractivity contribution in [3.63, 3.8) is 0 Å². The van der Waals surface area contributed by atoms with Crippen molar-refractivity contribution in [1.29, 1.82) is 0 Å². The van der Waals surface area contributed by atoms with Crippen molar-refractivity contribution in [2.75, 3.05) is 26.2 Å². The predicted octanol–water partition coefficient (Wildman–Crippen LogP) is -0.365. The summed E-state index contributed by atoms with van der Waals surface area (Å²) >= 11 is 0. The van der Waals surface area contributed by atoms with E-state index in [0.717, 1.165) is 12.8 Å². The number of carbonyl (C=O) groups is 1. The molecule has 2 atom stereocenters. The average Bonchev–Trinajstić information content (AvgIpc) is 3.19. The lowest BCUT2D eigenvalue weighted by atomic mass is 9.91. The predicted molar refractivity (Wildman–Crippen MR) is 76.2 cm³/mol. The van der Waals surface area contributed by atoms with E-state index >= 15 is 0 Å². The zero-order chi connectivity index (χ0) is 15.7. The highest BCUT2D eigenvalue weighted by Gasteiger charge is 2.43. The fourth-order valence-electron chi connectivity index (χ4n) is 3.26. The molecule has 122 valence electrons. The zero-order valence-electron chi connectivity index (χ0n) is 12.1. The molecule has 0 spiro atoms. The third-order valence-corrected chi connectivity index (χ3v) is 6.34. The molecular weight excluding hydrogens is 310 g/mol. The number of nitrogens with zero attached hydrogens (tertiary/aromatic N) is 4. The van der Waals surface area contributed by atoms with E-state index in [1.54, 1.807) is 0 Å². The van der Waals surface area contributed by atoms with Gasteiger partial charge in [0.15, 0.2) is 0 Å². The van der Waals surface area contributed by atoms with Crippen LogP contribution in [-0.2, 0) is 15.0 Å². The summed E-state index contributed by atoms with van der Waals surface area (Å²) in [6, 6.07) is 0. The number of hydrogen-bond donors (Lipinski definition) is 2. The van der Waals surface area contributed by atoms with E-state index < -0.39 is 16.2 Å². The highest BCUT2D eigenvalue weighted by atomic mass is 32.2. The maximum absolute atomic E-state index is 12.6. The van der Waals surface area contributed by atoms with Crippen LogP contribution in [-0.4, -0.2) is 69.7 Å². The molecule has 0 unspecified atom stereocenters. The second kappa shape index (κ2) is 5.94. The van der Waals surface area contributed by atoms with Crippen LogP contribution in [0.4, 0.5) is 0 Å². The van der Waals surface area contributed by atoms with Crippen LogP contribution in [0.3, 0.4) is 0 Å². The Bertz CT molecular complexity index is 626. The van der Waals surface area contributed by atoms with E-state index in [1.165, 1.54) is 14.8 Å². The molecule has 22 heavy (non-hydrogen) atoms. The molecule has 1 aromatic rings. The molecule has 3 rings (SSSR count). The summed E-state index contributed by atoms with van der Waals surface area (Å²) in [5, 5.41) is 19.3. The van der Waals surface area contributed by atoms with Crippen LogP contribution in [0.2, 0.25) is 0 Å². The molecule has 0 aliphatic carbocycles. The number of aliphatic carboxylic acids is 1. The van der Waals surface area contributed by atoms with Crippen LogP contribution in [0.25, 0.3) is 0 Å². The van der Waals surface area contributed by atoms with Gasteiger partial charge in [-0.1, -0.05) is 0 Å². The topological polar surface area (TPSA) is 119 Å². The number of nitrogens with one attached hydrogen (secondary N) is 1. The molecule has 0 bridgehead atoms. The van der Waals surface area contributed by atoms with Gasteiger partial charge in [-0.3, -0.25) is 4.79 Å². The summed E-state index contributed by atoms with van der Waals surface area (Å²) in [5.74, 6) is -1.47. The van der Waals surface area contributed by atoms with E-state index in [0.29, 0.717) is 18.8 Å². The molecule has 0 radical (unpaired) electrons. The standard InChI is InChI=1S/C12H19N5O4S/c18-12(19)5-9-7-17(8-10(9)11-6-13-15-14-11)22(20,21)16-3-1-2-4-16/h6,9-10H,1-5,7-8H2,(H,18,19)(H,13,14,15)/t9-,10+/m1/s1. The molecular formula is C12H19N5O4S. The SMILES string of the molecule is O=C(O)C[C@@H]1CN(S(=O)(=O)N2CCCC2)C[C@@H]1c1cn[nH]n1. The molecule has 2 aliphatic heterocycles. The number of carboxylic acids is 1. The Balaban J connectivity index is 1.81. The zero-order valence-corrected chi connectivity index (χ0v) is 12.9. The van der Waals surface area contributed by atoms with Crippen molar-refractivity contribution in [2.24, 2.45) is 5.92 Å². The summed E-state index contributed by atoms with van der Waals surface area (Å²) in [6.07, 6.45) is 3.20. The van der Waals surface area contributed by atoms with E-state index in [2.05, 4.69) is 15.4 Å². The minimum atomic E-state index is -3.52.